The van der Waals surface area contributed by atoms with Gasteiger partial charge < -0.3 is 5.32 Å². The number of aromatic nitrogens is 1. The molecule has 0 saturated heterocycles. The van der Waals surface area contributed by atoms with Gasteiger partial charge in [-0.2, -0.15) is 0 Å². The van der Waals surface area contributed by atoms with E-state index in [1.165, 1.54) is 6.20 Å². The largest absolute Gasteiger partial charge is 0.310 e. The molecule has 1 N–H and O–H groups in total. The van der Waals surface area contributed by atoms with Crippen LogP contribution < -0.4 is 5.32 Å². The summed E-state index contributed by atoms with van der Waals surface area (Å²) in [6.07, 6.45) is 3.36. The zero-order valence-corrected chi connectivity index (χ0v) is 13.3. The molecule has 1 aromatic heterocycles. The lowest BCUT2D eigenvalue weighted by Gasteiger charge is -2.38. The Morgan fingerprint density at radius 3 is 2.48 bits per heavy atom. The summed E-state index contributed by atoms with van der Waals surface area (Å²) in [5, 5.41) is 3.39. The average Bonchev–Trinajstić information content (AvgIpc) is 2.72. The molecule has 2 saturated carbocycles. The van der Waals surface area contributed by atoms with Gasteiger partial charge in [0.05, 0.1) is 10.4 Å². The van der Waals surface area contributed by atoms with Crippen LogP contribution >= 0.6 is 11.6 Å². The van der Waals surface area contributed by atoms with E-state index in [-0.39, 0.29) is 17.1 Å². The predicted octanol–water partition coefficient (Wildman–Crippen LogP) is 3.46. The quantitative estimate of drug-likeness (QED) is 0.910. The van der Waals surface area contributed by atoms with Crippen molar-refractivity contribution in [2.24, 2.45) is 16.2 Å². The van der Waals surface area contributed by atoms with Gasteiger partial charge in [-0.15, -0.1) is 0 Å². The number of halogens is 1. The lowest BCUT2D eigenvalue weighted by atomic mass is 9.64. The van der Waals surface area contributed by atoms with Crippen LogP contribution in [0.4, 0.5) is 5.82 Å². The van der Waals surface area contributed by atoms with Gasteiger partial charge in [0.15, 0.2) is 0 Å². The Labute approximate surface area is 129 Å². The fraction of sp³-hybridized carbons (Fsp3) is 0.562. The minimum atomic E-state index is -0.625. The second kappa shape index (κ2) is 4.29. The van der Waals surface area contributed by atoms with E-state index in [1.807, 2.05) is 20.8 Å². The standard InChI is InChI=1S/C16H19ClN2O2/c1-14(2)15(3)6-7-16(14,8-11(15)20)13(21)19-12-5-4-10(17)9-18-12/h4-5,9H,6-8H2,1-3H3,(H,18,19,21)/t15-,16+/m0/s1. The molecule has 4 nitrogen and oxygen atoms in total. The molecule has 0 aromatic carbocycles. The van der Waals surface area contributed by atoms with Gasteiger partial charge >= 0.3 is 0 Å². The van der Waals surface area contributed by atoms with Crippen LogP contribution in [0.1, 0.15) is 40.0 Å². The third-order valence-corrected chi connectivity index (χ3v) is 6.33. The molecule has 1 amide bonds. The highest BCUT2D eigenvalue weighted by molar-refractivity contribution is 6.30. The molecule has 1 aromatic rings. The van der Waals surface area contributed by atoms with Gasteiger partial charge in [-0.3, -0.25) is 9.59 Å². The molecular weight excluding hydrogens is 288 g/mol. The summed E-state index contributed by atoms with van der Waals surface area (Å²) < 4.78 is 0. The summed E-state index contributed by atoms with van der Waals surface area (Å²) in [5.41, 5.74) is -1.36. The summed E-state index contributed by atoms with van der Waals surface area (Å²) in [5.74, 6) is 0.581. The summed E-state index contributed by atoms with van der Waals surface area (Å²) in [4.78, 5) is 29.3. The number of Topliss-reactive ketones (excluding diaryl/α,β-unsaturated/α-hetero) is 1. The van der Waals surface area contributed by atoms with Crippen molar-refractivity contribution in [3.8, 4) is 0 Å². The number of fused-ring (bicyclic) bond motifs is 2. The smallest absolute Gasteiger partial charge is 0.232 e. The van der Waals surface area contributed by atoms with Crippen LogP contribution in [0.5, 0.6) is 0 Å². The van der Waals surface area contributed by atoms with Gasteiger partial charge in [-0.25, -0.2) is 4.98 Å². The van der Waals surface area contributed by atoms with Crippen LogP contribution in [0.15, 0.2) is 18.3 Å². The minimum Gasteiger partial charge on any atom is -0.310 e. The maximum absolute atomic E-state index is 12.8. The highest BCUT2D eigenvalue weighted by Crippen LogP contribution is 2.70. The van der Waals surface area contributed by atoms with Gasteiger partial charge in [0.2, 0.25) is 5.91 Å². The van der Waals surface area contributed by atoms with Crippen LogP contribution in [0.3, 0.4) is 0 Å². The number of anilines is 1. The predicted molar refractivity (Wildman–Crippen MR) is 81.1 cm³/mol. The molecule has 0 radical (unpaired) electrons. The van der Waals surface area contributed by atoms with Gasteiger partial charge in [-0.1, -0.05) is 32.4 Å². The van der Waals surface area contributed by atoms with Crippen molar-refractivity contribution in [1.82, 2.24) is 4.98 Å². The second-order valence-corrected chi connectivity index (χ2v) is 7.39. The highest BCUT2D eigenvalue weighted by Gasteiger charge is 2.72. The first-order chi connectivity index (χ1) is 9.73. The third-order valence-electron chi connectivity index (χ3n) is 6.11. The first-order valence-electron chi connectivity index (χ1n) is 7.19. The molecular formula is C16H19ClN2O2. The van der Waals surface area contributed by atoms with Crippen molar-refractivity contribution >= 4 is 29.1 Å². The number of nitrogens with one attached hydrogen (secondary N) is 1. The van der Waals surface area contributed by atoms with E-state index >= 15 is 0 Å². The number of pyridine rings is 1. The molecule has 3 rings (SSSR count). The van der Waals surface area contributed by atoms with Gasteiger partial charge in [0.25, 0.3) is 0 Å². The maximum atomic E-state index is 12.8. The topological polar surface area (TPSA) is 59.1 Å². The SMILES string of the molecule is CC1(C)[C@]2(C(=O)Nc3ccc(Cl)cn3)CC[C@@]1(C)C(=O)C2. The zero-order chi connectivity index (χ0) is 15.5. The molecule has 112 valence electrons. The molecule has 0 aliphatic heterocycles. The number of hydrogen-bond donors (Lipinski definition) is 1. The number of rotatable bonds is 2. The van der Waals surface area contributed by atoms with Crippen LogP contribution in [0.2, 0.25) is 5.02 Å². The Morgan fingerprint density at radius 1 is 1.29 bits per heavy atom. The number of carbonyl (C=O) groups excluding carboxylic acids is 2. The van der Waals surface area contributed by atoms with Crippen molar-refractivity contribution < 1.29 is 9.59 Å². The van der Waals surface area contributed by atoms with Crippen molar-refractivity contribution in [2.45, 2.75) is 40.0 Å². The van der Waals surface area contributed by atoms with Crippen molar-refractivity contribution in [1.29, 1.82) is 0 Å². The van der Waals surface area contributed by atoms with Crippen LogP contribution in [-0.4, -0.2) is 16.7 Å². The normalized spacial score (nSPS) is 33.2. The van der Waals surface area contributed by atoms with E-state index in [2.05, 4.69) is 10.3 Å². The van der Waals surface area contributed by atoms with E-state index < -0.39 is 10.8 Å². The first kappa shape index (κ1) is 14.5. The zero-order valence-electron chi connectivity index (χ0n) is 12.5. The van der Waals surface area contributed by atoms with Crippen LogP contribution in [-0.2, 0) is 9.59 Å². The number of hydrogen-bond acceptors (Lipinski definition) is 3. The maximum Gasteiger partial charge on any atom is 0.232 e. The Balaban J connectivity index is 1.91. The van der Waals surface area contributed by atoms with Crippen molar-refractivity contribution in [3.63, 3.8) is 0 Å². The van der Waals surface area contributed by atoms with Crippen LogP contribution in [0.25, 0.3) is 0 Å². The summed E-state index contributed by atoms with van der Waals surface area (Å²) in [6.45, 7) is 6.08. The van der Waals surface area contributed by atoms with E-state index in [0.717, 1.165) is 12.8 Å². The number of ketones is 1. The highest BCUT2D eigenvalue weighted by atomic mass is 35.5. The number of carbonyl (C=O) groups is 2. The lowest BCUT2D eigenvalue weighted by Crippen LogP contribution is -2.43. The van der Waals surface area contributed by atoms with Gasteiger partial charge in [0, 0.05) is 18.0 Å². The molecule has 2 fully saturated rings. The van der Waals surface area contributed by atoms with Gasteiger partial charge in [-0.05, 0) is 30.4 Å². The van der Waals surface area contributed by atoms with E-state index in [1.54, 1.807) is 12.1 Å². The summed E-state index contributed by atoms with van der Waals surface area (Å²) in [6, 6.07) is 3.36. The fourth-order valence-corrected chi connectivity index (χ4v) is 4.16. The lowest BCUT2D eigenvalue weighted by molar-refractivity contribution is -0.131. The molecule has 2 aliphatic carbocycles. The Bertz CT molecular complexity index is 626. The second-order valence-electron chi connectivity index (χ2n) is 6.95. The first-order valence-corrected chi connectivity index (χ1v) is 7.57. The average molecular weight is 307 g/mol. The summed E-state index contributed by atoms with van der Waals surface area (Å²) >= 11 is 5.80. The van der Waals surface area contributed by atoms with Crippen molar-refractivity contribution in [3.05, 3.63) is 23.4 Å². The third kappa shape index (κ3) is 1.71. The molecule has 2 atom stereocenters. The fourth-order valence-electron chi connectivity index (χ4n) is 4.05. The van der Waals surface area contributed by atoms with Gasteiger partial charge in [0.1, 0.15) is 11.6 Å². The number of amides is 1. The van der Waals surface area contributed by atoms with E-state index in [4.69, 9.17) is 11.6 Å². The summed E-state index contributed by atoms with van der Waals surface area (Å²) in [7, 11) is 0. The molecule has 0 unspecified atom stereocenters. The van der Waals surface area contributed by atoms with Crippen molar-refractivity contribution in [2.75, 3.05) is 5.32 Å². The molecule has 5 heteroatoms. The molecule has 0 spiro atoms. The van der Waals surface area contributed by atoms with E-state index in [0.29, 0.717) is 17.3 Å². The molecule has 21 heavy (non-hydrogen) atoms. The Morgan fingerprint density at radius 2 is 2.00 bits per heavy atom. The van der Waals surface area contributed by atoms with Crippen LogP contribution in [0, 0.1) is 16.2 Å². The number of nitrogens with zero attached hydrogens (tertiary/aromatic N) is 1. The Kier molecular flexibility index (Phi) is 2.97. The molecule has 2 bridgehead atoms. The molecule has 2 aliphatic rings. The Hall–Kier alpha value is -1.42. The minimum absolute atomic E-state index is 0.100. The molecule has 1 heterocycles. The monoisotopic (exact) mass is 306 g/mol. The van der Waals surface area contributed by atoms with E-state index in [9.17, 15) is 9.59 Å².